The van der Waals surface area contributed by atoms with Crippen LogP contribution in [0, 0.1) is 23.0 Å². The second-order valence-corrected chi connectivity index (χ2v) is 4.94. The zero-order chi connectivity index (χ0) is 13.3. The third-order valence-corrected chi connectivity index (χ3v) is 3.77. The molecular formula is C13H18N2O3. The van der Waals surface area contributed by atoms with Gasteiger partial charge in [-0.25, -0.2) is 0 Å². The topological polar surface area (TPSA) is 66.6 Å². The van der Waals surface area contributed by atoms with Gasteiger partial charge in [0.05, 0.1) is 17.6 Å². The molecule has 98 valence electrons. The van der Waals surface area contributed by atoms with Crippen LogP contribution in [0.4, 0.5) is 11.4 Å². The van der Waals surface area contributed by atoms with E-state index in [2.05, 4.69) is 11.8 Å². The van der Waals surface area contributed by atoms with Crippen LogP contribution >= 0.6 is 0 Å². The van der Waals surface area contributed by atoms with Crippen molar-refractivity contribution >= 4 is 11.4 Å². The summed E-state index contributed by atoms with van der Waals surface area (Å²) in [4.78, 5) is 12.5. The van der Waals surface area contributed by atoms with E-state index in [1.807, 2.05) is 6.92 Å². The van der Waals surface area contributed by atoms with Crippen molar-refractivity contribution in [2.24, 2.45) is 5.92 Å². The summed E-state index contributed by atoms with van der Waals surface area (Å²) >= 11 is 0. The molecule has 1 fully saturated rings. The molecule has 5 heteroatoms. The van der Waals surface area contributed by atoms with E-state index in [-0.39, 0.29) is 23.3 Å². The van der Waals surface area contributed by atoms with E-state index in [1.54, 1.807) is 12.1 Å². The summed E-state index contributed by atoms with van der Waals surface area (Å²) in [5.74, 6) is 0.449. The van der Waals surface area contributed by atoms with Gasteiger partial charge in [-0.1, -0.05) is 6.92 Å². The molecule has 0 aromatic heterocycles. The molecule has 0 bridgehead atoms. The Bertz CT molecular complexity index is 462. The molecule has 2 rings (SSSR count). The first kappa shape index (κ1) is 12.8. The number of aliphatic hydroxyl groups is 1. The van der Waals surface area contributed by atoms with Crippen LogP contribution in [-0.2, 0) is 0 Å². The minimum absolute atomic E-state index is 0.115. The van der Waals surface area contributed by atoms with Gasteiger partial charge in [0, 0.05) is 24.4 Å². The van der Waals surface area contributed by atoms with E-state index in [9.17, 15) is 15.2 Å². The summed E-state index contributed by atoms with van der Waals surface area (Å²) in [7, 11) is 0. The quantitative estimate of drug-likeness (QED) is 0.659. The lowest BCUT2D eigenvalue weighted by molar-refractivity contribution is -0.384. The number of anilines is 1. The lowest BCUT2D eigenvalue weighted by Gasteiger charge is -2.28. The highest BCUT2D eigenvalue weighted by Gasteiger charge is 2.31. The number of aliphatic hydroxyl groups excluding tert-OH is 1. The van der Waals surface area contributed by atoms with Crippen molar-refractivity contribution in [3.63, 3.8) is 0 Å². The van der Waals surface area contributed by atoms with Crippen LogP contribution in [0.3, 0.4) is 0 Å². The first-order valence-electron chi connectivity index (χ1n) is 6.17. The molecular weight excluding hydrogens is 232 g/mol. The van der Waals surface area contributed by atoms with Crippen LogP contribution < -0.4 is 4.90 Å². The van der Waals surface area contributed by atoms with Crippen LogP contribution in [0.1, 0.15) is 18.9 Å². The molecule has 1 aliphatic heterocycles. The van der Waals surface area contributed by atoms with E-state index in [0.29, 0.717) is 5.92 Å². The van der Waals surface area contributed by atoms with Crippen molar-refractivity contribution in [3.8, 4) is 0 Å². The van der Waals surface area contributed by atoms with Gasteiger partial charge in [-0.15, -0.1) is 0 Å². The van der Waals surface area contributed by atoms with Crippen molar-refractivity contribution in [1.82, 2.24) is 0 Å². The molecule has 0 spiro atoms. The summed E-state index contributed by atoms with van der Waals surface area (Å²) in [5.41, 5.74) is 1.99. The number of aryl methyl sites for hydroxylation is 1. The second-order valence-electron chi connectivity index (χ2n) is 4.94. The minimum Gasteiger partial charge on any atom is -0.394 e. The van der Waals surface area contributed by atoms with Gasteiger partial charge in [0.1, 0.15) is 0 Å². The fraction of sp³-hybridized carbons (Fsp3) is 0.538. The van der Waals surface area contributed by atoms with Gasteiger partial charge in [0.2, 0.25) is 0 Å². The predicted molar refractivity (Wildman–Crippen MR) is 69.8 cm³/mol. The molecule has 0 radical (unpaired) electrons. The Kier molecular flexibility index (Phi) is 3.52. The van der Waals surface area contributed by atoms with Gasteiger partial charge in [-0.05, 0) is 30.9 Å². The fourth-order valence-electron chi connectivity index (χ4n) is 2.66. The molecule has 5 nitrogen and oxygen atoms in total. The average molecular weight is 250 g/mol. The van der Waals surface area contributed by atoms with Crippen LogP contribution in [0.2, 0.25) is 0 Å². The zero-order valence-electron chi connectivity index (χ0n) is 10.7. The Morgan fingerprint density at radius 1 is 1.56 bits per heavy atom. The lowest BCUT2D eigenvalue weighted by atomic mass is 10.0. The van der Waals surface area contributed by atoms with E-state index >= 15 is 0 Å². The molecule has 2 unspecified atom stereocenters. The normalized spacial score (nSPS) is 23.4. The molecule has 1 heterocycles. The van der Waals surface area contributed by atoms with Crippen LogP contribution in [0.15, 0.2) is 18.2 Å². The highest BCUT2D eigenvalue weighted by Crippen LogP contribution is 2.33. The predicted octanol–water partition coefficient (Wildman–Crippen LogP) is 2.11. The number of nitro groups is 1. The maximum atomic E-state index is 10.7. The van der Waals surface area contributed by atoms with E-state index in [0.717, 1.165) is 24.2 Å². The van der Waals surface area contributed by atoms with Gasteiger partial charge in [0.25, 0.3) is 5.69 Å². The molecule has 1 aromatic carbocycles. The monoisotopic (exact) mass is 250 g/mol. The lowest BCUT2D eigenvalue weighted by Crippen LogP contribution is -2.35. The SMILES string of the molecule is Cc1cc([N+](=O)[O-])ccc1N1CCC(C)C1CO. The number of hydrogen-bond acceptors (Lipinski definition) is 4. The van der Waals surface area contributed by atoms with Crippen molar-refractivity contribution in [2.45, 2.75) is 26.3 Å². The summed E-state index contributed by atoms with van der Waals surface area (Å²) in [5, 5.41) is 20.2. The maximum Gasteiger partial charge on any atom is 0.269 e. The number of rotatable bonds is 3. The van der Waals surface area contributed by atoms with E-state index in [4.69, 9.17) is 0 Å². The molecule has 18 heavy (non-hydrogen) atoms. The largest absolute Gasteiger partial charge is 0.394 e. The zero-order valence-corrected chi connectivity index (χ0v) is 10.7. The second kappa shape index (κ2) is 4.94. The minimum atomic E-state index is -0.382. The Hall–Kier alpha value is -1.62. The number of nitro benzene ring substituents is 1. The molecule has 1 N–H and O–H groups in total. The molecule has 2 atom stereocenters. The van der Waals surface area contributed by atoms with Crippen LogP contribution in [0.25, 0.3) is 0 Å². The number of non-ortho nitro benzene ring substituents is 1. The third-order valence-electron chi connectivity index (χ3n) is 3.77. The Labute approximate surface area is 106 Å². The van der Waals surface area contributed by atoms with Crippen LogP contribution in [-0.4, -0.2) is 29.2 Å². The smallest absolute Gasteiger partial charge is 0.269 e. The van der Waals surface area contributed by atoms with Gasteiger partial charge in [0.15, 0.2) is 0 Å². The third kappa shape index (κ3) is 2.18. The molecule has 0 amide bonds. The highest BCUT2D eigenvalue weighted by atomic mass is 16.6. The van der Waals surface area contributed by atoms with Gasteiger partial charge in [-0.3, -0.25) is 10.1 Å². The number of benzene rings is 1. The Balaban J connectivity index is 2.31. The first-order chi connectivity index (χ1) is 8.54. The van der Waals surface area contributed by atoms with E-state index < -0.39 is 0 Å². The van der Waals surface area contributed by atoms with Crippen molar-refractivity contribution in [3.05, 3.63) is 33.9 Å². The first-order valence-corrected chi connectivity index (χ1v) is 6.17. The van der Waals surface area contributed by atoms with Crippen molar-refractivity contribution < 1.29 is 10.0 Å². The molecule has 0 aliphatic carbocycles. The Morgan fingerprint density at radius 3 is 2.83 bits per heavy atom. The summed E-state index contributed by atoms with van der Waals surface area (Å²) < 4.78 is 0. The van der Waals surface area contributed by atoms with E-state index in [1.165, 1.54) is 6.07 Å². The molecule has 1 saturated heterocycles. The summed E-state index contributed by atoms with van der Waals surface area (Å²) in [6.07, 6.45) is 1.04. The highest BCUT2D eigenvalue weighted by molar-refractivity contribution is 5.58. The van der Waals surface area contributed by atoms with Crippen molar-refractivity contribution in [2.75, 3.05) is 18.1 Å². The molecule has 0 saturated carbocycles. The van der Waals surface area contributed by atoms with Gasteiger partial charge >= 0.3 is 0 Å². The summed E-state index contributed by atoms with van der Waals surface area (Å²) in [6.45, 7) is 5.02. The van der Waals surface area contributed by atoms with Gasteiger partial charge in [-0.2, -0.15) is 0 Å². The number of nitrogens with zero attached hydrogens (tertiary/aromatic N) is 2. The Morgan fingerprint density at radius 2 is 2.28 bits per heavy atom. The fourth-order valence-corrected chi connectivity index (χ4v) is 2.66. The van der Waals surface area contributed by atoms with Crippen molar-refractivity contribution in [1.29, 1.82) is 0 Å². The standard InChI is InChI=1S/C13H18N2O3/c1-9-5-6-14(13(9)8-16)12-4-3-11(15(17)18)7-10(12)2/h3-4,7,9,13,16H,5-6,8H2,1-2H3. The average Bonchev–Trinajstić information content (AvgIpc) is 2.70. The molecule has 1 aliphatic rings. The number of hydrogen-bond donors (Lipinski definition) is 1. The van der Waals surface area contributed by atoms with Gasteiger partial charge < -0.3 is 10.0 Å². The molecule has 1 aromatic rings. The van der Waals surface area contributed by atoms with Crippen LogP contribution in [0.5, 0.6) is 0 Å². The summed E-state index contributed by atoms with van der Waals surface area (Å²) in [6, 6.07) is 5.02. The maximum absolute atomic E-state index is 10.7.